The third-order valence-corrected chi connectivity index (χ3v) is 7.33. The number of piperazine rings is 1. The number of rotatable bonds is 6. The van der Waals surface area contributed by atoms with Gasteiger partial charge in [0, 0.05) is 65.9 Å². The monoisotopic (exact) mass is 568 g/mol. The van der Waals surface area contributed by atoms with Crippen LogP contribution in [-0.2, 0) is 0 Å². The first-order chi connectivity index (χ1) is 16.5. The van der Waals surface area contributed by atoms with E-state index in [-0.39, 0.29) is 5.56 Å². The van der Waals surface area contributed by atoms with Gasteiger partial charge >= 0.3 is 0 Å². The van der Waals surface area contributed by atoms with Crippen LogP contribution in [0.5, 0.6) is 0 Å². The lowest BCUT2D eigenvalue weighted by molar-refractivity contribution is 0.190. The highest BCUT2D eigenvalue weighted by molar-refractivity contribution is 14.1. The minimum absolute atomic E-state index is 0.0855. The minimum atomic E-state index is -0.0855. The van der Waals surface area contributed by atoms with Gasteiger partial charge in [0.2, 0.25) is 0 Å². The van der Waals surface area contributed by atoms with Crippen molar-refractivity contribution in [3.63, 3.8) is 0 Å². The maximum absolute atomic E-state index is 13.1. The normalized spacial score (nSPS) is 17.0. The third kappa shape index (κ3) is 4.36. The van der Waals surface area contributed by atoms with Crippen LogP contribution in [-0.4, -0.2) is 60.3 Å². The van der Waals surface area contributed by atoms with Crippen molar-refractivity contribution in [1.82, 2.24) is 23.7 Å². The van der Waals surface area contributed by atoms with Crippen LogP contribution in [0.4, 0.5) is 5.69 Å². The van der Waals surface area contributed by atoms with Crippen LogP contribution < -0.4 is 10.5 Å². The summed E-state index contributed by atoms with van der Waals surface area (Å²) in [5.74, 6) is 0. The van der Waals surface area contributed by atoms with Gasteiger partial charge < -0.3 is 9.30 Å². The first-order valence-electron chi connectivity index (χ1n) is 11.7. The Morgan fingerprint density at radius 1 is 1.18 bits per heavy atom. The molecule has 0 bridgehead atoms. The van der Waals surface area contributed by atoms with Gasteiger partial charge in [-0.05, 0) is 45.0 Å². The second-order valence-corrected chi connectivity index (χ2v) is 10.0. The highest BCUT2D eigenvalue weighted by atomic mass is 127. The number of hydrogen-bond acceptors (Lipinski definition) is 5. The Morgan fingerprint density at radius 2 is 2.03 bits per heavy atom. The van der Waals surface area contributed by atoms with E-state index in [1.807, 2.05) is 42.0 Å². The second kappa shape index (κ2) is 9.50. The molecule has 5 heterocycles. The molecule has 1 aliphatic rings. The Balaban J connectivity index is 1.46. The number of imidazole rings is 1. The van der Waals surface area contributed by atoms with Gasteiger partial charge in [0.15, 0.2) is 0 Å². The Hall–Kier alpha value is -2.72. The summed E-state index contributed by atoms with van der Waals surface area (Å²) in [6, 6.07) is 8.11. The van der Waals surface area contributed by atoms with Gasteiger partial charge in [0.05, 0.1) is 17.1 Å². The second-order valence-electron chi connectivity index (χ2n) is 8.97. The lowest BCUT2D eigenvalue weighted by atomic mass is 10.1. The van der Waals surface area contributed by atoms with Crippen LogP contribution in [0.1, 0.15) is 24.6 Å². The average molecular weight is 568 g/mol. The number of nitrogens with zero attached hydrogens (tertiary/aromatic N) is 6. The number of hydrogen-bond donors (Lipinski definition) is 0. The molecule has 0 aliphatic carbocycles. The molecule has 7 nitrogen and oxygen atoms in total. The predicted octanol–water partition coefficient (Wildman–Crippen LogP) is 4.30. The standard InChI is InChI=1S/C26H29IN6O/c1-4-20-12-21(16-32-14-18(2)28-26(20)32)23-13-25(34)33-17-22(6-7-24(33)29-23)31-11-10-30(9-5-8-27)19(3)15-31/h4,6-7,12-14,16-17,19H,1,5,8-11,15H2,2-3H3/t19-/m0/s1. The van der Waals surface area contributed by atoms with Crippen molar-refractivity contribution >= 4 is 45.6 Å². The molecule has 176 valence electrons. The maximum atomic E-state index is 13.1. The first kappa shape index (κ1) is 23.0. The number of anilines is 1. The SMILES string of the molecule is C=Cc1cc(-c2cc(=O)n3cc(N4CCN(CCCI)[C@@H](C)C4)ccc3n2)cn2cc(C)nc12. The van der Waals surface area contributed by atoms with Gasteiger partial charge in [-0.2, -0.15) is 0 Å². The molecule has 0 N–H and O–H groups in total. The van der Waals surface area contributed by atoms with Gasteiger partial charge in [0.1, 0.15) is 11.3 Å². The molecule has 0 radical (unpaired) electrons. The zero-order valence-electron chi connectivity index (χ0n) is 19.6. The van der Waals surface area contributed by atoms with Crippen molar-refractivity contribution in [3.8, 4) is 11.3 Å². The Kier molecular flexibility index (Phi) is 6.44. The van der Waals surface area contributed by atoms with Crippen LogP contribution in [0.3, 0.4) is 0 Å². The van der Waals surface area contributed by atoms with Crippen molar-refractivity contribution in [2.45, 2.75) is 26.3 Å². The molecule has 8 heteroatoms. The largest absolute Gasteiger partial charge is 0.367 e. The summed E-state index contributed by atoms with van der Waals surface area (Å²) in [4.78, 5) is 27.4. The van der Waals surface area contributed by atoms with Crippen LogP contribution in [0, 0.1) is 6.92 Å². The van der Waals surface area contributed by atoms with E-state index < -0.39 is 0 Å². The van der Waals surface area contributed by atoms with Gasteiger partial charge in [-0.3, -0.25) is 14.1 Å². The van der Waals surface area contributed by atoms with Gasteiger partial charge in [-0.1, -0.05) is 35.2 Å². The van der Waals surface area contributed by atoms with Crippen molar-refractivity contribution in [2.75, 3.05) is 35.5 Å². The number of alkyl halides is 1. The molecule has 1 saturated heterocycles. The molecule has 0 unspecified atom stereocenters. The zero-order chi connectivity index (χ0) is 23.8. The Labute approximate surface area is 212 Å². The third-order valence-electron chi connectivity index (χ3n) is 6.57. The van der Waals surface area contributed by atoms with Crippen molar-refractivity contribution in [2.24, 2.45) is 0 Å². The lowest BCUT2D eigenvalue weighted by Gasteiger charge is -2.41. The fourth-order valence-corrected chi connectivity index (χ4v) is 5.13. The summed E-state index contributed by atoms with van der Waals surface area (Å²) in [6.07, 6.45) is 8.88. The average Bonchev–Trinajstić information content (AvgIpc) is 3.22. The Bertz CT molecular complexity index is 1420. The van der Waals surface area contributed by atoms with E-state index in [1.165, 1.54) is 10.8 Å². The lowest BCUT2D eigenvalue weighted by Crippen LogP contribution is -2.52. The predicted molar refractivity (Wildman–Crippen MR) is 147 cm³/mol. The number of aromatic nitrogens is 4. The number of aryl methyl sites for hydroxylation is 1. The summed E-state index contributed by atoms with van der Waals surface area (Å²) in [6.45, 7) is 12.3. The summed E-state index contributed by atoms with van der Waals surface area (Å²) in [7, 11) is 0. The molecule has 34 heavy (non-hydrogen) atoms. The molecule has 1 atom stereocenters. The van der Waals surface area contributed by atoms with Crippen LogP contribution in [0.2, 0.25) is 0 Å². The fraction of sp³-hybridized carbons (Fsp3) is 0.346. The molecule has 0 aromatic carbocycles. The van der Waals surface area contributed by atoms with Crippen molar-refractivity contribution in [3.05, 3.63) is 71.0 Å². The minimum Gasteiger partial charge on any atom is -0.367 e. The summed E-state index contributed by atoms with van der Waals surface area (Å²) in [5, 5.41) is 0. The molecular formula is C26H29IN6O. The summed E-state index contributed by atoms with van der Waals surface area (Å²) in [5.41, 5.74) is 5.82. The van der Waals surface area contributed by atoms with Crippen LogP contribution in [0.15, 0.2) is 54.2 Å². The van der Waals surface area contributed by atoms with E-state index in [2.05, 4.69) is 56.9 Å². The van der Waals surface area contributed by atoms with E-state index in [0.717, 1.165) is 54.3 Å². The summed E-state index contributed by atoms with van der Waals surface area (Å²) < 4.78 is 4.81. The molecule has 1 fully saturated rings. The van der Waals surface area contributed by atoms with E-state index in [1.54, 1.807) is 16.5 Å². The zero-order valence-corrected chi connectivity index (χ0v) is 21.8. The highest BCUT2D eigenvalue weighted by Crippen LogP contribution is 2.24. The van der Waals surface area contributed by atoms with E-state index in [9.17, 15) is 4.79 Å². The Morgan fingerprint density at radius 3 is 2.79 bits per heavy atom. The van der Waals surface area contributed by atoms with E-state index >= 15 is 0 Å². The first-order valence-corrected chi connectivity index (χ1v) is 13.2. The highest BCUT2D eigenvalue weighted by Gasteiger charge is 2.23. The molecular weight excluding hydrogens is 539 g/mol. The smallest absolute Gasteiger partial charge is 0.258 e. The van der Waals surface area contributed by atoms with E-state index in [0.29, 0.717) is 17.4 Å². The molecule has 1 aliphatic heterocycles. The van der Waals surface area contributed by atoms with Crippen molar-refractivity contribution < 1.29 is 0 Å². The van der Waals surface area contributed by atoms with Crippen LogP contribution >= 0.6 is 22.6 Å². The molecule has 4 aromatic rings. The molecule has 0 spiro atoms. The van der Waals surface area contributed by atoms with Gasteiger partial charge in [0.25, 0.3) is 5.56 Å². The van der Waals surface area contributed by atoms with E-state index in [4.69, 9.17) is 4.98 Å². The molecule has 4 aromatic heterocycles. The van der Waals surface area contributed by atoms with Crippen LogP contribution in [0.25, 0.3) is 28.6 Å². The molecule has 0 amide bonds. The summed E-state index contributed by atoms with van der Waals surface area (Å²) >= 11 is 2.45. The van der Waals surface area contributed by atoms with Crippen molar-refractivity contribution in [1.29, 1.82) is 0 Å². The topological polar surface area (TPSA) is 58.2 Å². The number of pyridine rings is 2. The molecule has 0 saturated carbocycles. The fourth-order valence-electron chi connectivity index (χ4n) is 4.79. The quantitative estimate of drug-likeness (QED) is 0.257. The van der Waals surface area contributed by atoms with Gasteiger partial charge in [-0.15, -0.1) is 0 Å². The molecule has 5 rings (SSSR count). The number of halogens is 1. The van der Waals surface area contributed by atoms with Gasteiger partial charge in [-0.25, -0.2) is 9.97 Å². The number of fused-ring (bicyclic) bond motifs is 2. The maximum Gasteiger partial charge on any atom is 0.258 e.